The number of hydrogen-bond acceptors (Lipinski definition) is 4. The number of anilines is 1. The van der Waals surface area contributed by atoms with Gasteiger partial charge in [0.15, 0.2) is 0 Å². The van der Waals surface area contributed by atoms with Crippen molar-refractivity contribution in [3.63, 3.8) is 0 Å². The predicted octanol–water partition coefficient (Wildman–Crippen LogP) is 2.12. The lowest BCUT2D eigenvalue weighted by atomic mass is 9.95. The topological polar surface area (TPSA) is 64.4 Å². The first kappa shape index (κ1) is 16.2. The van der Waals surface area contributed by atoms with Gasteiger partial charge in [0.1, 0.15) is 0 Å². The molecule has 3 rings (SSSR count). The molecule has 2 heterocycles. The maximum absolute atomic E-state index is 12.7. The van der Waals surface area contributed by atoms with Crippen LogP contribution in [0.15, 0.2) is 30.6 Å². The highest BCUT2D eigenvalue weighted by atomic mass is 16.5. The van der Waals surface area contributed by atoms with E-state index in [1.165, 1.54) is 7.11 Å². The van der Waals surface area contributed by atoms with Crippen LogP contribution in [0.25, 0.3) is 0 Å². The third-order valence-electron chi connectivity index (χ3n) is 4.34. The quantitative estimate of drug-likeness (QED) is 0.807. The fraction of sp³-hybridized carbons (Fsp3) is 0.389. The van der Waals surface area contributed by atoms with E-state index in [2.05, 4.69) is 5.10 Å². The summed E-state index contributed by atoms with van der Waals surface area (Å²) in [5, 5.41) is 4.12. The molecule has 0 aliphatic carbocycles. The minimum Gasteiger partial charge on any atom is -0.465 e. The average Bonchev–Trinajstić information content (AvgIpc) is 3.03. The van der Waals surface area contributed by atoms with Crippen LogP contribution in [0.4, 0.5) is 5.69 Å². The van der Waals surface area contributed by atoms with E-state index in [0.717, 1.165) is 29.7 Å². The van der Waals surface area contributed by atoms with Gasteiger partial charge in [0.2, 0.25) is 5.91 Å². The van der Waals surface area contributed by atoms with Gasteiger partial charge in [-0.1, -0.05) is 6.07 Å². The minimum atomic E-state index is -0.350. The van der Waals surface area contributed by atoms with Crippen LogP contribution in [0.2, 0.25) is 0 Å². The second kappa shape index (κ2) is 6.86. The summed E-state index contributed by atoms with van der Waals surface area (Å²) in [7, 11) is 3.24. The van der Waals surface area contributed by atoms with Crippen molar-refractivity contribution in [1.29, 1.82) is 0 Å². The van der Waals surface area contributed by atoms with Crippen LogP contribution in [-0.2, 0) is 29.4 Å². The van der Waals surface area contributed by atoms with Gasteiger partial charge in [0.05, 0.1) is 18.9 Å². The lowest BCUT2D eigenvalue weighted by Crippen LogP contribution is -2.36. The van der Waals surface area contributed by atoms with Gasteiger partial charge in [-0.2, -0.15) is 5.10 Å². The highest BCUT2D eigenvalue weighted by Gasteiger charge is 2.26. The molecule has 0 bridgehead atoms. The molecule has 0 atom stereocenters. The van der Waals surface area contributed by atoms with Crippen LogP contribution in [0.5, 0.6) is 0 Å². The summed E-state index contributed by atoms with van der Waals surface area (Å²) >= 11 is 0. The van der Waals surface area contributed by atoms with Gasteiger partial charge in [-0.25, -0.2) is 4.79 Å². The molecule has 126 valence electrons. The fourth-order valence-corrected chi connectivity index (χ4v) is 3.17. The van der Waals surface area contributed by atoms with Crippen molar-refractivity contribution >= 4 is 17.6 Å². The number of hydrogen-bond donors (Lipinski definition) is 0. The van der Waals surface area contributed by atoms with E-state index < -0.39 is 0 Å². The van der Waals surface area contributed by atoms with E-state index in [9.17, 15) is 9.59 Å². The molecule has 24 heavy (non-hydrogen) atoms. The number of aryl methyl sites for hydroxylation is 2. The molecule has 0 fully saturated rings. The van der Waals surface area contributed by atoms with Gasteiger partial charge in [-0.15, -0.1) is 0 Å². The van der Waals surface area contributed by atoms with Crippen molar-refractivity contribution in [2.75, 3.05) is 18.6 Å². The van der Waals surface area contributed by atoms with E-state index in [1.54, 1.807) is 27.9 Å². The largest absolute Gasteiger partial charge is 0.465 e. The van der Waals surface area contributed by atoms with E-state index in [4.69, 9.17) is 4.74 Å². The number of aromatic nitrogens is 2. The molecule has 2 aromatic rings. The van der Waals surface area contributed by atoms with Crippen LogP contribution in [0.1, 0.15) is 34.3 Å². The summed E-state index contributed by atoms with van der Waals surface area (Å²) < 4.78 is 6.59. The Hall–Kier alpha value is -2.63. The number of benzene rings is 1. The third-order valence-corrected chi connectivity index (χ3v) is 4.34. The molecule has 1 amide bonds. The zero-order valence-electron chi connectivity index (χ0n) is 14.0. The molecule has 0 N–H and O–H groups in total. The van der Waals surface area contributed by atoms with Crippen molar-refractivity contribution in [2.45, 2.75) is 25.7 Å². The molecule has 1 aliphatic rings. The maximum Gasteiger partial charge on any atom is 0.338 e. The molecule has 0 saturated heterocycles. The first-order valence-corrected chi connectivity index (χ1v) is 8.08. The SMILES string of the molecule is COC(=O)c1cccc2c1CCCN2C(=O)CCc1cnn(C)c1. The van der Waals surface area contributed by atoms with Gasteiger partial charge < -0.3 is 9.64 Å². The number of carbonyl (C=O) groups excluding carboxylic acids is 2. The van der Waals surface area contributed by atoms with Crippen molar-refractivity contribution < 1.29 is 14.3 Å². The normalized spacial score (nSPS) is 13.5. The highest BCUT2D eigenvalue weighted by molar-refractivity contribution is 5.98. The van der Waals surface area contributed by atoms with Crippen LogP contribution in [-0.4, -0.2) is 35.3 Å². The van der Waals surface area contributed by atoms with Gasteiger partial charge >= 0.3 is 5.97 Å². The van der Waals surface area contributed by atoms with Gasteiger partial charge in [-0.3, -0.25) is 9.48 Å². The number of nitrogens with zero attached hydrogens (tertiary/aromatic N) is 3. The summed E-state index contributed by atoms with van der Waals surface area (Å²) in [6.07, 6.45) is 6.43. The standard InChI is InChI=1S/C18H21N3O3/c1-20-12-13(11-19-20)8-9-17(22)21-10-4-6-14-15(18(23)24-2)5-3-7-16(14)21/h3,5,7,11-12H,4,6,8-10H2,1-2H3. The Balaban J connectivity index is 1.78. The number of fused-ring (bicyclic) bond motifs is 1. The van der Waals surface area contributed by atoms with E-state index in [1.807, 2.05) is 19.3 Å². The van der Waals surface area contributed by atoms with Crippen molar-refractivity contribution in [2.24, 2.45) is 7.05 Å². The van der Waals surface area contributed by atoms with Gasteiger partial charge in [0, 0.05) is 31.9 Å². The van der Waals surface area contributed by atoms with Crippen LogP contribution in [0.3, 0.4) is 0 Å². The molecule has 1 aromatic carbocycles. The third kappa shape index (κ3) is 3.18. The number of rotatable bonds is 4. The molecule has 6 nitrogen and oxygen atoms in total. The molecule has 0 radical (unpaired) electrons. The summed E-state index contributed by atoms with van der Waals surface area (Å²) in [4.78, 5) is 26.4. The van der Waals surface area contributed by atoms with Crippen molar-refractivity contribution in [3.8, 4) is 0 Å². The Kier molecular flexibility index (Phi) is 4.64. The number of methoxy groups -OCH3 is 1. The number of ether oxygens (including phenoxy) is 1. The van der Waals surface area contributed by atoms with Crippen LogP contribution in [0, 0.1) is 0 Å². The second-order valence-electron chi connectivity index (χ2n) is 5.97. The summed E-state index contributed by atoms with van der Waals surface area (Å²) in [5.74, 6) is -0.279. The molecule has 1 aliphatic heterocycles. The molecular weight excluding hydrogens is 306 g/mol. The average molecular weight is 327 g/mol. The van der Waals surface area contributed by atoms with Crippen molar-refractivity contribution in [1.82, 2.24) is 9.78 Å². The van der Waals surface area contributed by atoms with Gasteiger partial charge in [-0.05, 0) is 42.5 Å². The highest BCUT2D eigenvalue weighted by Crippen LogP contribution is 2.31. The lowest BCUT2D eigenvalue weighted by molar-refractivity contribution is -0.118. The van der Waals surface area contributed by atoms with Crippen molar-refractivity contribution in [3.05, 3.63) is 47.3 Å². The monoisotopic (exact) mass is 327 g/mol. The Morgan fingerprint density at radius 3 is 2.88 bits per heavy atom. The molecule has 0 spiro atoms. The van der Waals surface area contributed by atoms with Crippen LogP contribution >= 0.6 is 0 Å². The zero-order valence-corrected chi connectivity index (χ0v) is 14.0. The number of esters is 1. The lowest BCUT2D eigenvalue weighted by Gasteiger charge is -2.30. The van der Waals surface area contributed by atoms with Crippen LogP contribution < -0.4 is 4.90 Å². The number of carbonyl (C=O) groups is 2. The van der Waals surface area contributed by atoms with E-state index in [-0.39, 0.29) is 11.9 Å². The minimum absolute atomic E-state index is 0.0711. The molecule has 0 saturated carbocycles. The summed E-state index contributed by atoms with van der Waals surface area (Å²) in [6, 6.07) is 5.47. The first-order valence-electron chi connectivity index (χ1n) is 8.08. The molecular formula is C18H21N3O3. The zero-order chi connectivity index (χ0) is 17.1. The second-order valence-corrected chi connectivity index (χ2v) is 5.97. The predicted molar refractivity (Wildman–Crippen MR) is 90.0 cm³/mol. The van der Waals surface area contributed by atoms with Gasteiger partial charge in [0.25, 0.3) is 0 Å². The first-order chi connectivity index (χ1) is 11.6. The Morgan fingerprint density at radius 1 is 1.33 bits per heavy atom. The molecule has 6 heteroatoms. The summed E-state index contributed by atoms with van der Waals surface area (Å²) in [5.41, 5.74) is 3.34. The fourth-order valence-electron chi connectivity index (χ4n) is 3.17. The molecule has 1 aromatic heterocycles. The Bertz CT molecular complexity index is 767. The Morgan fingerprint density at radius 2 is 2.17 bits per heavy atom. The Labute approximate surface area is 141 Å². The molecule has 0 unspecified atom stereocenters. The smallest absolute Gasteiger partial charge is 0.338 e. The van der Waals surface area contributed by atoms with E-state index >= 15 is 0 Å². The van der Waals surface area contributed by atoms with E-state index in [0.29, 0.717) is 24.9 Å². The number of amides is 1. The summed E-state index contributed by atoms with van der Waals surface area (Å²) in [6.45, 7) is 0.684. The maximum atomic E-state index is 12.7.